The lowest BCUT2D eigenvalue weighted by atomic mass is 10.0. The average Bonchev–Trinajstić information content (AvgIpc) is 3.02. The van der Waals surface area contributed by atoms with E-state index in [1.165, 1.54) is 51.4 Å². The zero-order chi connectivity index (χ0) is 18.6. The monoisotopic (exact) mass is 380 g/mol. The van der Waals surface area contributed by atoms with E-state index in [4.69, 9.17) is 43.2 Å². The normalized spacial score (nSPS) is 20.0. The third-order valence-electron chi connectivity index (χ3n) is 2.95. The summed E-state index contributed by atoms with van der Waals surface area (Å²) < 4.78 is 23.1. The summed E-state index contributed by atoms with van der Waals surface area (Å²) in [5, 5.41) is 0. The van der Waals surface area contributed by atoms with E-state index in [-0.39, 0.29) is 0 Å². The first-order valence-corrected chi connectivity index (χ1v) is 10.6. The SMILES string of the molecule is CCCCCCCCCC1(C)CO1.O=P(O)(O)O.O=P(O)(O)O. The molecule has 1 rings (SSSR count). The molecule has 1 atom stereocenters. The predicted octanol–water partition coefficient (Wildman–Crippen LogP) is 2.06. The highest BCUT2D eigenvalue weighted by Crippen LogP contribution is 2.31. The Bertz CT molecular complexity index is 336. The molecule has 142 valence electrons. The van der Waals surface area contributed by atoms with E-state index in [2.05, 4.69) is 13.8 Å². The molecule has 11 heteroatoms. The van der Waals surface area contributed by atoms with Crippen LogP contribution in [0.4, 0.5) is 0 Å². The molecule has 1 aliphatic heterocycles. The summed E-state index contributed by atoms with van der Waals surface area (Å²) in [7, 11) is -9.28. The van der Waals surface area contributed by atoms with Crippen LogP contribution < -0.4 is 0 Å². The van der Waals surface area contributed by atoms with Crippen molar-refractivity contribution in [2.75, 3.05) is 6.61 Å². The molecular weight excluding hydrogens is 350 g/mol. The topological polar surface area (TPSA) is 168 Å². The lowest BCUT2D eigenvalue weighted by molar-refractivity contribution is 0.272. The second-order valence-corrected chi connectivity index (χ2v) is 7.69. The van der Waals surface area contributed by atoms with E-state index >= 15 is 0 Å². The van der Waals surface area contributed by atoms with Gasteiger partial charge in [-0.15, -0.1) is 0 Å². The van der Waals surface area contributed by atoms with Crippen molar-refractivity contribution in [1.29, 1.82) is 0 Å². The van der Waals surface area contributed by atoms with E-state index in [1.807, 2.05) is 0 Å². The van der Waals surface area contributed by atoms with E-state index in [1.54, 1.807) is 0 Å². The van der Waals surface area contributed by atoms with Gasteiger partial charge in [-0.2, -0.15) is 0 Å². The van der Waals surface area contributed by atoms with Crippen LogP contribution in [0, 0.1) is 0 Å². The molecule has 1 heterocycles. The predicted molar refractivity (Wildman–Crippen MR) is 85.5 cm³/mol. The quantitative estimate of drug-likeness (QED) is 0.210. The van der Waals surface area contributed by atoms with Crippen LogP contribution in [0.25, 0.3) is 0 Å². The van der Waals surface area contributed by atoms with Crippen molar-refractivity contribution in [3.05, 3.63) is 0 Å². The van der Waals surface area contributed by atoms with Crippen LogP contribution in [0.2, 0.25) is 0 Å². The summed E-state index contributed by atoms with van der Waals surface area (Å²) in [6, 6.07) is 0. The Morgan fingerprint density at radius 1 is 0.826 bits per heavy atom. The fourth-order valence-electron chi connectivity index (χ4n) is 1.72. The average molecular weight is 380 g/mol. The molecule has 0 saturated carbocycles. The van der Waals surface area contributed by atoms with Crippen LogP contribution in [-0.4, -0.2) is 41.6 Å². The fraction of sp³-hybridized carbons (Fsp3) is 1.00. The van der Waals surface area contributed by atoms with Crippen molar-refractivity contribution in [2.24, 2.45) is 0 Å². The number of hydrogen-bond acceptors (Lipinski definition) is 3. The van der Waals surface area contributed by atoms with Crippen LogP contribution in [-0.2, 0) is 13.9 Å². The maximum Gasteiger partial charge on any atom is 0.466 e. The first kappa shape index (κ1) is 25.4. The molecule has 1 aliphatic rings. The fourth-order valence-corrected chi connectivity index (χ4v) is 1.72. The second kappa shape index (κ2) is 12.5. The standard InChI is InChI=1S/C12H24O.2H3O4P/c1-3-4-5-6-7-8-9-10-12(2)11-13-12;2*1-5(2,3)4/h3-11H2,1-2H3;2*(H3,1,2,3,4). The number of unbranched alkanes of at least 4 members (excludes halogenated alkanes) is 6. The van der Waals surface area contributed by atoms with Crippen molar-refractivity contribution in [3.8, 4) is 0 Å². The van der Waals surface area contributed by atoms with Gasteiger partial charge in [-0.25, -0.2) is 9.13 Å². The number of phosphoric acid groups is 2. The number of epoxide rings is 1. The number of hydrogen-bond donors (Lipinski definition) is 6. The van der Waals surface area contributed by atoms with Crippen LogP contribution in [0.1, 0.15) is 65.2 Å². The molecule has 0 aromatic rings. The largest absolute Gasteiger partial charge is 0.466 e. The van der Waals surface area contributed by atoms with Crippen LogP contribution in [0.15, 0.2) is 0 Å². The molecule has 6 N–H and O–H groups in total. The Labute approximate surface area is 137 Å². The molecular formula is C12H30O9P2. The first-order valence-electron chi connectivity index (χ1n) is 7.47. The van der Waals surface area contributed by atoms with Crippen molar-refractivity contribution >= 4 is 15.6 Å². The van der Waals surface area contributed by atoms with E-state index in [0.717, 1.165) is 6.61 Å². The van der Waals surface area contributed by atoms with E-state index < -0.39 is 15.6 Å². The molecule has 0 aliphatic carbocycles. The lowest BCUT2D eigenvalue weighted by Crippen LogP contribution is -2.02. The lowest BCUT2D eigenvalue weighted by Gasteiger charge is -2.04. The summed E-state index contributed by atoms with van der Waals surface area (Å²) >= 11 is 0. The summed E-state index contributed by atoms with van der Waals surface area (Å²) in [5.41, 5.74) is 0.295. The Balaban J connectivity index is 0. The summed E-state index contributed by atoms with van der Waals surface area (Å²) in [6.45, 7) is 5.50. The maximum absolute atomic E-state index is 8.88. The molecule has 0 bridgehead atoms. The van der Waals surface area contributed by atoms with Gasteiger partial charge in [-0.3, -0.25) is 0 Å². The van der Waals surface area contributed by atoms with Gasteiger partial charge in [0, 0.05) is 0 Å². The van der Waals surface area contributed by atoms with Crippen molar-refractivity contribution < 1.29 is 43.2 Å². The Morgan fingerprint density at radius 3 is 1.43 bits per heavy atom. The molecule has 1 unspecified atom stereocenters. The highest BCUT2D eigenvalue weighted by atomic mass is 31.2. The molecule has 0 amide bonds. The van der Waals surface area contributed by atoms with Crippen LogP contribution in [0.3, 0.4) is 0 Å². The molecule has 23 heavy (non-hydrogen) atoms. The van der Waals surface area contributed by atoms with Gasteiger partial charge >= 0.3 is 15.6 Å². The molecule has 1 fully saturated rings. The van der Waals surface area contributed by atoms with Crippen LogP contribution in [0.5, 0.6) is 0 Å². The Hall–Kier alpha value is 0.180. The molecule has 0 aromatic heterocycles. The minimum absolute atomic E-state index is 0.295. The first-order chi connectivity index (χ1) is 10.3. The molecule has 1 saturated heterocycles. The van der Waals surface area contributed by atoms with Gasteiger partial charge in [0.25, 0.3) is 0 Å². The van der Waals surface area contributed by atoms with Crippen molar-refractivity contribution in [3.63, 3.8) is 0 Å². The van der Waals surface area contributed by atoms with Crippen molar-refractivity contribution in [1.82, 2.24) is 0 Å². The van der Waals surface area contributed by atoms with Gasteiger partial charge in [0.05, 0.1) is 12.2 Å². The van der Waals surface area contributed by atoms with Gasteiger partial charge < -0.3 is 34.1 Å². The van der Waals surface area contributed by atoms with E-state index in [9.17, 15) is 0 Å². The zero-order valence-electron chi connectivity index (χ0n) is 13.7. The minimum Gasteiger partial charge on any atom is -0.370 e. The van der Waals surface area contributed by atoms with Crippen molar-refractivity contribution in [2.45, 2.75) is 70.8 Å². The molecule has 0 aromatic carbocycles. The van der Waals surface area contributed by atoms with Gasteiger partial charge in [0.1, 0.15) is 0 Å². The summed E-state index contributed by atoms with van der Waals surface area (Å²) in [4.78, 5) is 43.1. The zero-order valence-corrected chi connectivity index (χ0v) is 15.5. The van der Waals surface area contributed by atoms with E-state index in [0.29, 0.717) is 5.60 Å². The summed E-state index contributed by atoms with van der Waals surface area (Å²) in [5.74, 6) is 0. The minimum atomic E-state index is -4.64. The Kier molecular flexibility index (Phi) is 13.8. The van der Waals surface area contributed by atoms with Gasteiger partial charge in [-0.1, -0.05) is 51.9 Å². The third-order valence-corrected chi connectivity index (χ3v) is 2.95. The van der Waals surface area contributed by atoms with Gasteiger partial charge in [-0.05, 0) is 13.3 Å². The Morgan fingerprint density at radius 2 is 1.13 bits per heavy atom. The molecule has 0 radical (unpaired) electrons. The number of ether oxygens (including phenoxy) is 1. The highest BCUT2D eigenvalue weighted by molar-refractivity contribution is 7.45. The van der Waals surface area contributed by atoms with Gasteiger partial charge in [0.15, 0.2) is 0 Å². The third kappa shape index (κ3) is 39.2. The maximum atomic E-state index is 8.88. The smallest absolute Gasteiger partial charge is 0.370 e. The highest BCUT2D eigenvalue weighted by Gasteiger charge is 2.37. The second-order valence-electron chi connectivity index (χ2n) is 5.64. The molecule has 0 spiro atoms. The van der Waals surface area contributed by atoms with Gasteiger partial charge in [0.2, 0.25) is 0 Å². The van der Waals surface area contributed by atoms with Crippen LogP contribution >= 0.6 is 15.6 Å². The summed E-state index contributed by atoms with van der Waals surface area (Å²) in [6.07, 6.45) is 11.1. The number of rotatable bonds is 8. The molecule has 9 nitrogen and oxygen atoms in total.